The smallest absolute Gasteiger partial charge is 0.307 e. The average molecular weight is 343 g/mol. The highest BCUT2D eigenvalue weighted by atomic mass is 32.1. The van der Waals surface area contributed by atoms with E-state index in [0.29, 0.717) is 0 Å². The van der Waals surface area contributed by atoms with Gasteiger partial charge in [-0.05, 0) is 42.0 Å². The third kappa shape index (κ3) is 3.51. The van der Waals surface area contributed by atoms with Crippen molar-refractivity contribution in [3.63, 3.8) is 0 Å². The lowest BCUT2D eigenvalue weighted by Crippen LogP contribution is -2.41. The van der Waals surface area contributed by atoms with Crippen LogP contribution in [-0.4, -0.2) is 17.0 Å². The SMILES string of the molecule is O=C(O)Cc1ccc(NC(=O)C2(c3cccs3)CCCCC2)cc1. The normalized spacial score (nSPS) is 16.5. The second kappa shape index (κ2) is 7.18. The van der Waals surface area contributed by atoms with E-state index in [0.717, 1.165) is 41.8 Å². The van der Waals surface area contributed by atoms with Crippen LogP contribution in [0.2, 0.25) is 0 Å². The van der Waals surface area contributed by atoms with E-state index in [9.17, 15) is 9.59 Å². The van der Waals surface area contributed by atoms with Crippen LogP contribution in [0.15, 0.2) is 41.8 Å². The standard InChI is InChI=1S/C19H21NO3S/c21-17(22)13-14-6-8-15(9-7-14)20-18(23)19(10-2-1-3-11-19)16-5-4-12-24-16/h4-9,12H,1-3,10-11,13H2,(H,20,23)(H,21,22). The molecule has 0 radical (unpaired) electrons. The van der Waals surface area contributed by atoms with Gasteiger partial charge in [-0.2, -0.15) is 0 Å². The number of thiophene rings is 1. The molecule has 0 saturated heterocycles. The van der Waals surface area contributed by atoms with Crippen LogP contribution in [0.1, 0.15) is 42.5 Å². The number of nitrogens with one attached hydrogen (secondary N) is 1. The van der Waals surface area contributed by atoms with Crippen LogP contribution in [-0.2, 0) is 21.4 Å². The summed E-state index contributed by atoms with van der Waals surface area (Å²) in [6.07, 6.45) is 5.09. The summed E-state index contributed by atoms with van der Waals surface area (Å²) in [6, 6.07) is 11.1. The zero-order valence-corrected chi connectivity index (χ0v) is 14.3. The maximum atomic E-state index is 13.1. The molecule has 2 N–H and O–H groups in total. The molecule has 1 aromatic carbocycles. The van der Waals surface area contributed by atoms with E-state index >= 15 is 0 Å². The molecule has 5 heteroatoms. The quantitative estimate of drug-likeness (QED) is 0.854. The Kier molecular flexibility index (Phi) is 5.00. The van der Waals surface area contributed by atoms with Crippen LogP contribution < -0.4 is 5.32 Å². The molecular weight excluding hydrogens is 322 g/mol. The maximum Gasteiger partial charge on any atom is 0.307 e. The number of amides is 1. The Morgan fingerprint density at radius 1 is 1.08 bits per heavy atom. The molecule has 1 aliphatic rings. The van der Waals surface area contributed by atoms with E-state index in [1.165, 1.54) is 6.42 Å². The summed E-state index contributed by atoms with van der Waals surface area (Å²) in [7, 11) is 0. The van der Waals surface area contributed by atoms with Crippen molar-refractivity contribution in [1.29, 1.82) is 0 Å². The summed E-state index contributed by atoms with van der Waals surface area (Å²) in [5.41, 5.74) is 1.02. The predicted octanol–water partition coefficient (Wildman–Crippen LogP) is 4.22. The highest BCUT2D eigenvalue weighted by molar-refractivity contribution is 7.10. The minimum Gasteiger partial charge on any atom is -0.481 e. The van der Waals surface area contributed by atoms with Crippen molar-refractivity contribution in [2.24, 2.45) is 0 Å². The number of carboxylic acid groups (broad SMARTS) is 1. The number of carboxylic acids is 1. The van der Waals surface area contributed by atoms with E-state index < -0.39 is 11.4 Å². The molecule has 126 valence electrons. The molecule has 0 unspecified atom stereocenters. The fraction of sp³-hybridized carbons (Fsp3) is 0.368. The molecule has 1 fully saturated rings. The third-order valence-electron chi connectivity index (χ3n) is 4.70. The van der Waals surface area contributed by atoms with Crippen molar-refractivity contribution >= 4 is 28.9 Å². The van der Waals surface area contributed by atoms with Crippen molar-refractivity contribution < 1.29 is 14.7 Å². The van der Waals surface area contributed by atoms with E-state index in [1.807, 2.05) is 11.4 Å². The first kappa shape index (κ1) is 16.7. The van der Waals surface area contributed by atoms with Gasteiger partial charge in [0.25, 0.3) is 0 Å². The number of carbonyl (C=O) groups excluding carboxylic acids is 1. The molecule has 0 spiro atoms. The van der Waals surface area contributed by atoms with Gasteiger partial charge in [-0.25, -0.2) is 0 Å². The number of carbonyl (C=O) groups is 2. The van der Waals surface area contributed by atoms with Crippen LogP contribution in [0.3, 0.4) is 0 Å². The average Bonchev–Trinajstić information content (AvgIpc) is 3.12. The van der Waals surface area contributed by atoms with Gasteiger partial charge in [0.05, 0.1) is 11.8 Å². The summed E-state index contributed by atoms with van der Waals surface area (Å²) in [5.74, 6) is -0.804. The van der Waals surface area contributed by atoms with Crippen LogP contribution in [0.25, 0.3) is 0 Å². The minimum atomic E-state index is -0.856. The Morgan fingerprint density at radius 3 is 2.38 bits per heavy atom. The molecule has 1 aliphatic carbocycles. The summed E-state index contributed by atoms with van der Waals surface area (Å²) in [4.78, 5) is 24.9. The van der Waals surface area contributed by atoms with Crippen LogP contribution in [0.4, 0.5) is 5.69 Å². The monoisotopic (exact) mass is 343 g/mol. The van der Waals surface area contributed by atoms with E-state index in [1.54, 1.807) is 35.6 Å². The number of aliphatic carboxylic acids is 1. The molecule has 3 rings (SSSR count). The topological polar surface area (TPSA) is 66.4 Å². The highest BCUT2D eigenvalue weighted by Gasteiger charge is 2.41. The van der Waals surface area contributed by atoms with E-state index in [4.69, 9.17) is 5.11 Å². The lowest BCUT2D eigenvalue weighted by atomic mass is 9.72. The van der Waals surface area contributed by atoms with Gasteiger partial charge in [0.1, 0.15) is 0 Å². The minimum absolute atomic E-state index is 0.00659. The van der Waals surface area contributed by atoms with Crippen molar-refractivity contribution in [2.45, 2.75) is 43.9 Å². The molecule has 1 aromatic heterocycles. The molecule has 0 aliphatic heterocycles. The van der Waals surface area contributed by atoms with Gasteiger partial charge in [0.15, 0.2) is 0 Å². The number of benzene rings is 1. The van der Waals surface area contributed by atoms with Crippen LogP contribution in [0, 0.1) is 0 Å². The van der Waals surface area contributed by atoms with Gasteiger partial charge in [-0.3, -0.25) is 9.59 Å². The van der Waals surface area contributed by atoms with Gasteiger partial charge in [0, 0.05) is 10.6 Å². The Balaban J connectivity index is 1.77. The first-order chi connectivity index (χ1) is 11.6. The molecule has 1 amide bonds. The molecular formula is C19H21NO3S. The lowest BCUT2D eigenvalue weighted by molar-refractivity contribution is -0.136. The fourth-order valence-electron chi connectivity index (χ4n) is 3.42. The molecule has 1 heterocycles. The van der Waals surface area contributed by atoms with Gasteiger partial charge < -0.3 is 10.4 Å². The zero-order chi connectivity index (χ0) is 17.0. The molecule has 4 nitrogen and oxygen atoms in total. The number of hydrogen-bond donors (Lipinski definition) is 2. The first-order valence-electron chi connectivity index (χ1n) is 8.26. The molecule has 0 atom stereocenters. The highest BCUT2D eigenvalue weighted by Crippen LogP contribution is 2.42. The van der Waals surface area contributed by atoms with Crippen molar-refractivity contribution in [1.82, 2.24) is 0 Å². The first-order valence-corrected chi connectivity index (χ1v) is 9.14. The second-order valence-corrected chi connectivity index (χ2v) is 7.29. The molecule has 1 saturated carbocycles. The van der Waals surface area contributed by atoms with E-state index in [-0.39, 0.29) is 12.3 Å². The molecule has 24 heavy (non-hydrogen) atoms. The van der Waals surface area contributed by atoms with Gasteiger partial charge in [0.2, 0.25) is 5.91 Å². The van der Waals surface area contributed by atoms with Crippen molar-refractivity contribution in [2.75, 3.05) is 5.32 Å². The van der Waals surface area contributed by atoms with E-state index in [2.05, 4.69) is 11.4 Å². The summed E-state index contributed by atoms with van der Waals surface area (Å²) in [5, 5.41) is 13.9. The summed E-state index contributed by atoms with van der Waals surface area (Å²) in [6.45, 7) is 0. The third-order valence-corrected chi connectivity index (χ3v) is 5.78. The fourth-order valence-corrected chi connectivity index (χ4v) is 4.41. The molecule has 2 aromatic rings. The predicted molar refractivity (Wildman–Crippen MR) is 95.5 cm³/mol. The van der Waals surface area contributed by atoms with Crippen molar-refractivity contribution in [3.05, 3.63) is 52.2 Å². The Labute approximate surface area is 145 Å². The Morgan fingerprint density at radius 2 is 1.79 bits per heavy atom. The number of anilines is 1. The number of hydrogen-bond acceptors (Lipinski definition) is 3. The molecule has 0 bridgehead atoms. The van der Waals surface area contributed by atoms with Crippen LogP contribution in [0.5, 0.6) is 0 Å². The van der Waals surface area contributed by atoms with Gasteiger partial charge in [-0.15, -0.1) is 11.3 Å². The Hall–Kier alpha value is -2.14. The zero-order valence-electron chi connectivity index (χ0n) is 13.5. The summed E-state index contributed by atoms with van der Waals surface area (Å²) >= 11 is 1.65. The van der Waals surface area contributed by atoms with Gasteiger partial charge in [-0.1, -0.05) is 37.5 Å². The van der Waals surface area contributed by atoms with Gasteiger partial charge >= 0.3 is 5.97 Å². The lowest BCUT2D eigenvalue weighted by Gasteiger charge is -2.35. The van der Waals surface area contributed by atoms with Crippen molar-refractivity contribution in [3.8, 4) is 0 Å². The Bertz CT molecular complexity index is 701. The summed E-state index contributed by atoms with van der Waals surface area (Å²) < 4.78 is 0. The largest absolute Gasteiger partial charge is 0.481 e. The maximum absolute atomic E-state index is 13.1. The number of rotatable bonds is 5. The second-order valence-electron chi connectivity index (χ2n) is 6.34. The van der Waals surface area contributed by atoms with Crippen LogP contribution >= 0.6 is 11.3 Å².